The molecule has 1 aliphatic heterocycles. The number of rotatable bonds is 2. The first-order valence-electron chi connectivity index (χ1n) is 4.07. The molecule has 0 radical (unpaired) electrons. The van der Waals surface area contributed by atoms with E-state index in [2.05, 4.69) is 5.10 Å². The average molecular weight is 168 g/mol. The minimum absolute atomic E-state index is 0.217. The smallest absolute Gasteiger partial charge is 0.157 e. The topological polar surface area (TPSA) is 36.3 Å². The Hall–Kier alpha value is -1.03. The van der Waals surface area contributed by atoms with Crippen LogP contribution in [0.4, 0.5) is 0 Å². The van der Waals surface area contributed by atoms with Gasteiger partial charge in [0, 0.05) is 13.5 Å². The maximum atomic E-state index is 5.59. The first-order chi connectivity index (χ1) is 5.84. The molecular formula is C8H12N2O2. The van der Waals surface area contributed by atoms with Crippen molar-refractivity contribution in [1.29, 1.82) is 0 Å². The zero-order chi connectivity index (χ0) is 8.39. The van der Waals surface area contributed by atoms with E-state index in [-0.39, 0.29) is 6.10 Å². The molecule has 0 spiro atoms. The Balaban J connectivity index is 1.94. The summed E-state index contributed by atoms with van der Waals surface area (Å²) in [4.78, 5) is 0. The van der Waals surface area contributed by atoms with Crippen LogP contribution in [0.2, 0.25) is 0 Å². The predicted octanol–water partition coefficient (Wildman–Crippen LogP) is 0.588. The summed E-state index contributed by atoms with van der Waals surface area (Å²) in [5, 5.41) is 4.01. The van der Waals surface area contributed by atoms with Gasteiger partial charge in [-0.15, -0.1) is 0 Å². The standard InChI is InChI=1S/C8H12N2O2/c1-10-5-8(4-9-10)12-7-2-3-11-6-7/h4-5,7H,2-3,6H2,1H3. The van der Waals surface area contributed by atoms with E-state index < -0.39 is 0 Å². The molecule has 0 bridgehead atoms. The van der Waals surface area contributed by atoms with Gasteiger partial charge in [-0.05, 0) is 0 Å². The number of hydrogen-bond donors (Lipinski definition) is 0. The van der Waals surface area contributed by atoms with Gasteiger partial charge in [0.15, 0.2) is 5.75 Å². The Morgan fingerprint density at radius 3 is 3.25 bits per heavy atom. The van der Waals surface area contributed by atoms with E-state index in [1.54, 1.807) is 10.9 Å². The van der Waals surface area contributed by atoms with Gasteiger partial charge in [-0.3, -0.25) is 4.68 Å². The highest BCUT2D eigenvalue weighted by molar-refractivity contribution is 5.11. The second-order valence-electron chi connectivity index (χ2n) is 2.95. The van der Waals surface area contributed by atoms with Crippen LogP contribution in [0.1, 0.15) is 6.42 Å². The fraction of sp³-hybridized carbons (Fsp3) is 0.625. The van der Waals surface area contributed by atoms with Gasteiger partial charge in [-0.2, -0.15) is 5.10 Å². The Morgan fingerprint density at radius 1 is 1.75 bits per heavy atom. The van der Waals surface area contributed by atoms with Crippen LogP contribution >= 0.6 is 0 Å². The summed E-state index contributed by atoms with van der Waals surface area (Å²) in [5.41, 5.74) is 0. The van der Waals surface area contributed by atoms with E-state index in [0.717, 1.165) is 18.8 Å². The highest BCUT2D eigenvalue weighted by Gasteiger charge is 2.17. The van der Waals surface area contributed by atoms with E-state index in [9.17, 15) is 0 Å². The molecule has 1 atom stereocenters. The molecule has 12 heavy (non-hydrogen) atoms. The van der Waals surface area contributed by atoms with E-state index >= 15 is 0 Å². The molecule has 0 N–H and O–H groups in total. The molecule has 2 heterocycles. The van der Waals surface area contributed by atoms with Crippen molar-refractivity contribution in [1.82, 2.24) is 9.78 Å². The van der Waals surface area contributed by atoms with Gasteiger partial charge in [0.1, 0.15) is 6.10 Å². The van der Waals surface area contributed by atoms with Crippen molar-refractivity contribution in [2.75, 3.05) is 13.2 Å². The van der Waals surface area contributed by atoms with E-state index in [1.165, 1.54) is 0 Å². The first kappa shape index (κ1) is 7.61. The molecule has 0 aliphatic carbocycles. The van der Waals surface area contributed by atoms with Crippen LogP contribution in [0, 0.1) is 0 Å². The van der Waals surface area contributed by atoms with Gasteiger partial charge < -0.3 is 9.47 Å². The summed E-state index contributed by atoms with van der Waals surface area (Å²) >= 11 is 0. The van der Waals surface area contributed by atoms with Crippen LogP contribution in [0.25, 0.3) is 0 Å². The van der Waals surface area contributed by atoms with Gasteiger partial charge in [0.25, 0.3) is 0 Å². The number of aryl methyl sites for hydroxylation is 1. The lowest BCUT2D eigenvalue weighted by Gasteiger charge is -2.08. The second-order valence-corrected chi connectivity index (χ2v) is 2.95. The largest absolute Gasteiger partial charge is 0.485 e. The molecule has 1 aromatic heterocycles. The van der Waals surface area contributed by atoms with Crippen molar-refractivity contribution >= 4 is 0 Å². The number of ether oxygens (including phenoxy) is 2. The molecule has 0 aromatic carbocycles. The monoisotopic (exact) mass is 168 g/mol. The Bertz CT molecular complexity index is 253. The summed E-state index contributed by atoms with van der Waals surface area (Å²) in [7, 11) is 1.87. The third kappa shape index (κ3) is 1.58. The molecule has 1 saturated heterocycles. The molecule has 1 unspecified atom stereocenters. The molecule has 1 aromatic rings. The number of nitrogens with zero attached hydrogens (tertiary/aromatic N) is 2. The van der Waals surface area contributed by atoms with Gasteiger partial charge in [0.05, 0.1) is 25.6 Å². The predicted molar refractivity (Wildman–Crippen MR) is 43.1 cm³/mol. The molecule has 4 heteroatoms. The van der Waals surface area contributed by atoms with E-state index in [0.29, 0.717) is 6.61 Å². The van der Waals surface area contributed by atoms with Crippen LogP contribution < -0.4 is 4.74 Å². The summed E-state index contributed by atoms with van der Waals surface area (Å²) in [6.07, 6.45) is 4.78. The van der Waals surface area contributed by atoms with Crippen molar-refractivity contribution in [3.8, 4) is 5.75 Å². The molecular weight excluding hydrogens is 156 g/mol. The SMILES string of the molecule is Cn1cc(OC2CCOC2)cn1. The summed E-state index contributed by atoms with van der Waals surface area (Å²) in [6.45, 7) is 1.51. The summed E-state index contributed by atoms with van der Waals surface area (Å²) < 4.78 is 12.5. The zero-order valence-electron chi connectivity index (χ0n) is 7.06. The molecule has 1 fully saturated rings. The normalized spacial score (nSPS) is 22.9. The Labute approximate surface area is 71.1 Å². The highest BCUT2D eigenvalue weighted by atomic mass is 16.5. The molecule has 0 saturated carbocycles. The van der Waals surface area contributed by atoms with E-state index in [1.807, 2.05) is 13.2 Å². The van der Waals surface area contributed by atoms with Crippen molar-refractivity contribution < 1.29 is 9.47 Å². The van der Waals surface area contributed by atoms with Crippen LogP contribution in [0.5, 0.6) is 5.75 Å². The average Bonchev–Trinajstić information content (AvgIpc) is 2.63. The van der Waals surface area contributed by atoms with Gasteiger partial charge in [-0.1, -0.05) is 0 Å². The third-order valence-electron chi connectivity index (χ3n) is 1.87. The van der Waals surface area contributed by atoms with Crippen LogP contribution in [-0.2, 0) is 11.8 Å². The molecule has 66 valence electrons. The highest BCUT2D eigenvalue weighted by Crippen LogP contribution is 2.14. The number of hydrogen-bond acceptors (Lipinski definition) is 3. The number of aromatic nitrogens is 2. The van der Waals surface area contributed by atoms with Crippen molar-refractivity contribution in [2.24, 2.45) is 7.05 Å². The van der Waals surface area contributed by atoms with Crippen molar-refractivity contribution in [2.45, 2.75) is 12.5 Å². The quantitative estimate of drug-likeness (QED) is 0.648. The van der Waals surface area contributed by atoms with Gasteiger partial charge >= 0.3 is 0 Å². The minimum atomic E-state index is 0.217. The van der Waals surface area contributed by atoms with Gasteiger partial charge in [-0.25, -0.2) is 0 Å². The van der Waals surface area contributed by atoms with Crippen molar-refractivity contribution in [3.63, 3.8) is 0 Å². The van der Waals surface area contributed by atoms with Crippen LogP contribution in [0.3, 0.4) is 0 Å². The van der Waals surface area contributed by atoms with Crippen molar-refractivity contribution in [3.05, 3.63) is 12.4 Å². The lowest BCUT2D eigenvalue weighted by atomic mass is 10.3. The Morgan fingerprint density at radius 2 is 2.67 bits per heavy atom. The Kier molecular flexibility index (Phi) is 1.99. The molecule has 4 nitrogen and oxygen atoms in total. The molecule has 0 amide bonds. The maximum Gasteiger partial charge on any atom is 0.157 e. The van der Waals surface area contributed by atoms with E-state index in [4.69, 9.17) is 9.47 Å². The molecule has 1 aliphatic rings. The second kappa shape index (κ2) is 3.15. The summed E-state index contributed by atoms with van der Waals surface area (Å²) in [6, 6.07) is 0. The molecule has 2 rings (SSSR count). The first-order valence-corrected chi connectivity index (χ1v) is 4.07. The van der Waals surface area contributed by atoms with Gasteiger partial charge in [0.2, 0.25) is 0 Å². The maximum absolute atomic E-state index is 5.59. The summed E-state index contributed by atoms with van der Waals surface area (Å²) in [5.74, 6) is 0.827. The third-order valence-corrected chi connectivity index (χ3v) is 1.87. The fourth-order valence-corrected chi connectivity index (χ4v) is 1.26. The van der Waals surface area contributed by atoms with Crippen LogP contribution in [0.15, 0.2) is 12.4 Å². The lowest BCUT2D eigenvalue weighted by molar-refractivity contribution is 0.141. The lowest BCUT2D eigenvalue weighted by Crippen LogP contribution is -2.15. The fourth-order valence-electron chi connectivity index (χ4n) is 1.26. The minimum Gasteiger partial charge on any atom is -0.485 e. The zero-order valence-corrected chi connectivity index (χ0v) is 7.06. The van der Waals surface area contributed by atoms with Crippen LogP contribution in [-0.4, -0.2) is 29.1 Å².